The molecule has 0 radical (unpaired) electrons. The summed E-state index contributed by atoms with van der Waals surface area (Å²) in [5, 5.41) is 0.435. The second-order valence-corrected chi connectivity index (χ2v) is 6.41. The Morgan fingerprint density at radius 3 is 2.27 bits per heavy atom. The van der Waals surface area contributed by atoms with Crippen LogP contribution in [0.25, 0.3) is 0 Å². The van der Waals surface area contributed by atoms with E-state index in [0.29, 0.717) is 11.1 Å². The molecule has 0 heterocycles. The molecule has 0 aromatic carbocycles. The fourth-order valence-corrected chi connectivity index (χ4v) is 2.67. The van der Waals surface area contributed by atoms with Crippen molar-refractivity contribution in [3.05, 3.63) is 24.3 Å². The quantitative estimate of drug-likeness (QED) is 0.527. The fourth-order valence-electron chi connectivity index (χ4n) is 1.38. The zero-order valence-electron chi connectivity index (χ0n) is 7.83. The summed E-state index contributed by atoms with van der Waals surface area (Å²) in [5.74, 6) is 0.702. The molecule has 0 spiro atoms. The Morgan fingerprint density at radius 1 is 1.27 bits per heavy atom. The molecule has 0 saturated heterocycles. The zero-order valence-corrected chi connectivity index (χ0v) is 8.73. The van der Waals surface area contributed by atoms with Crippen molar-refractivity contribution in [2.45, 2.75) is 19.0 Å². The van der Waals surface area contributed by atoms with Crippen molar-refractivity contribution in [1.29, 1.82) is 0 Å². The second kappa shape index (κ2) is 3.11. The van der Waals surface area contributed by atoms with Gasteiger partial charge in [-0.25, -0.2) is 0 Å². The third-order valence-electron chi connectivity index (χ3n) is 2.83. The molecule has 2 atom stereocenters. The molecule has 1 heteroatoms. The van der Waals surface area contributed by atoms with Crippen molar-refractivity contribution < 1.29 is 0 Å². The van der Waals surface area contributed by atoms with Gasteiger partial charge in [-0.2, -0.15) is 0 Å². The molecule has 1 rings (SSSR count). The van der Waals surface area contributed by atoms with E-state index in [2.05, 4.69) is 51.5 Å². The molecular formula is C10H17P. The molecule has 2 unspecified atom stereocenters. The third-order valence-corrected chi connectivity index (χ3v) is 5.31. The van der Waals surface area contributed by atoms with Crippen molar-refractivity contribution in [2.75, 3.05) is 13.3 Å². The normalized spacial score (nSPS) is 36.6. The maximum Gasteiger partial charge on any atom is 0.0114 e. The Hall–Kier alpha value is -0.0900. The Morgan fingerprint density at radius 2 is 1.91 bits per heavy atom. The second-order valence-electron chi connectivity index (χ2n) is 3.65. The monoisotopic (exact) mass is 168 g/mol. The van der Waals surface area contributed by atoms with Crippen LogP contribution in [-0.4, -0.2) is 18.5 Å². The van der Waals surface area contributed by atoms with Crippen LogP contribution in [0.1, 0.15) is 13.8 Å². The maximum atomic E-state index is 2.36. The van der Waals surface area contributed by atoms with E-state index in [4.69, 9.17) is 0 Å². The Kier molecular flexibility index (Phi) is 2.54. The maximum absolute atomic E-state index is 2.36. The van der Waals surface area contributed by atoms with Crippen LogP contribution >= 0.6 is 7.92 Å². The molecule has 11 heavy (non-hydrogen) atoms. The van der Waals surface area contributed by atoms with Crippen LogP contribution in [-0.2, 0) is 0 Å². The van der Waals surface area contributed by atoms with E-state index in [9.17, 15) is 0 Å². The van der Waals surface area contributed by atoms with Crippen molar-refractivity contribution in [1.82, 2.24) is 0 Å². The number of hydrogen-bond acceptors (Lipinski definition) is 0. The average Bonchev–Trinajstić information content (AvgIpc) is 1.95. The standard InChI is InChI=1S/C10H17P/c1-9-7-5-6-8-10(9,2)11(3)4/h5-9H,1-4H3. The van der Waals surface area contributed by atoms with E-state index >= 15 is 0 Å². The van der Waals surface area contributed by atoms with Crippen LogP contribution in [0.4, 0.5) is 0 Å². The fraction of sp³-hybridized carbons (Fsp3) is 0.600. The number of allylic oxidation sites excluding steroid dienone is 4. The third kappa shape index (κ3) is 1.56. The lowest BCUT2D eigenvalue weighted by atomic mass is 9.91. The van der Waals surface area contributed by atoms with Gasteiger partial charge in [0.2, 0.25) is 0 Å². The van der Waals surface area contributed by atoms with Gasteiger partial charge in [-0.15, -0.1) is 7.92 Å². The molecule has 0 saturated carbocycles. The van der Waals surface area contributed by atoms with E-state index in [-0.39, 0.29) is 7.92 Å². The summed E-state index contributed by atoms with van der Waals surface area (Å²) in [6.45, 7) is 9.39. The zero-order chi connectivity index (χ0) is 8.48. The highest BCUT2D eigenvalue weighted by Crippen LogP contribution is 2.50. The van der Waals surface area contributed by atoms with Gasteiger partial charge in [-0.1, -0.05) is 38.2 Å². The summed E-state index contributed by atoms with van der Waals surface area (Å²) >= 11 is 0. The van der Waals surface area contributed by atoms with Crippen LogP contribution in [0, 0.1) is 5.92 Å². The van der Waals surface area contributed by atoms with Crippen LogP contribution in [0.15, 0.2) is 24.3 Å². The van der Waals surface area contributed by atoms with Crippen LogP contribution in [0.2, 0.25) is 0 Å². The highest BCUT2D eigenvalue weighted by Gasteiger charge is 2.30. The van der Waals surface area contributed by atoms with Crippen molar-refractivity contribution in [2.24, 2.45) is 5.92 Å². The van der Waals surface area contributed by atoms with Gasteiger partial charge < -0.3 is 0 Å². The van der Waals surface area contributed by atoms with E-state index in [0.717, 1.165) is 0 Å². The predicted molar refractivity (Wildman–Crippen MR) is 54.6 cm³/mol. The summed E-state index contributed by atoms with van der Waals surface area (Å²) in [5.41, 5.74) is 0. The minimum absolute atomic E-state index is 0.122. The van der Waals surface area contributed by atoms with Crippen molar-refractivity contribution in [3.63, 3.8) is 0 Å². The summed E-state index contributed by atoms with van der Waals surface area (Å²) in [7, 11) is 0.122. The molecule has 0 amide bonds. The van der Waals surface area contributed by atoms with Crippen LogP contribution in [0.5, 0.6) is 0 Å². The Bertz CT molecular complexity index is 191. The smallest absolute Gasteiger partial charge is 0.0114 e. The molecule has 0 fully saturated rings. The van der Waals surface area contributed by atoms with E-state index in [1.165, 1.54) is 0 Å². The van der Waals surface area contributed by atoms with Crippen molar-refractivity contribution in [3.8, 4) is 0 Å². The van der Waals surface area contributed by atoms with Crippen LogP contribution in [0.3, 0.4) is 0 Å². The van der Waals surface area contributed by atoms with Gasteiger partial charge in [-0.05, 0) is 19.2 Å². The lowest BCUT2D eigenvalue weighted by Gasteiger charge is -2.37. The number of rotatable bonds is 1. The lowest BCUT2D eigenvalue weighted by molar-refractivity contribution is 0.591. The largest absolute Gasteiger partial charge is 0.102 e. The predicted octanol–water partition coefficient (Wildman–Crippen LogP) is 3.25. The van der Waals surface area contributed by atoms with Gasteiger partial charge in [0.25, 0.3) is 0 Å². The van der Waals surface area contributed by atoms with Gasteiger partial charge in [0.15, 0.2) is 0 Å². The highest BCUT2D eigenvalue weighted by molar-refractivity contribution is 7.57. The van der Waals surface area contributed by atoms with Gasteiger partial charge in [0, 0.05) is 5.16 Å². The minimum Gasteiger partial charge on any atom is -0.102 e. The molecule has 1 aliphatic carbocycles. The van der Waals surface area contributed by atoms with E-state index < -0.39 is 0 Å². The highest BCUT2D eigenvalue weighted by atomic mass is 31.1. The van der Waals surface area contributed by atoms with E-state index in [1.54, 1.807) is 0 Å². The molecule has 0 bridgehead atoms. The number of hydrogen-bond donors (Lipinski definition) is 0. The topological polar surface area (TPSA) is 0 Å². The Labute approximate surface area is 71.1 Å². The molecule has 1 aliphatic rings. The molecule has 62 valence electrons. The first-order valence-electron chi connectivity index (χ1n) is 4.11. The first kappa shape index (κ1) is 9.00. The van der Waals surface area contributed by atoms with Crippen molar-refractivity contribution >= 4 is 7.92 Å². The average molecular weight is 168 g/mol. The minimum atomic E-state index is 0.122. The SMILES string of the molecule is CC1C=CC=CC1(C)P(C)C. The summed E-state index contributed by atoms with van der Waals surface area (Å²) in [6.07, 6.45) is 9.01. The van der Waals surface area contributed by atoms with Gasteiger partial charge in [-0.3, -0.25) is 0 Å². The molecule has 0 nitrogen and oxygen atoms in total. The summed E-state index contributed by atoms with van der Waals surface area (Å²) < 4.78 is 0. The van der Waals surface area contributed by atoms with Gasteiger partial charge in [0.1, 0.15) is 0 Å². The first-order valence-corrected chi connectivity index (χ1v) is 6.34. The van der Waals surface area contributed by atoms with Crippen LogP contribution < -0.4 is 0 Å². The molecule has 0 aliphatic heterocycles. The van der Waals surface area contributed by atoms with E-state index in [1.807, 2.05) is 0 Å². The Balaban J connectivity index is 2.85. The van der Waals surface area contributed by atoms with Gasteiger partial charge >= 0.3 is 0 Å². The van der Waals surface area contributed by atoms with Gasteiger partial charge in [0.05, 0.1) is 0 Å². The summed E-state index contributed by atoms with van der Waals surface area (Å²) in [6, 6.07) is 0. The molecular weight excluding hydrogens is 151 g/mol. The summed E-state index contributed by atoms with van der Waals surface area (Å²) in [4.78, 5) is 0. The lowest BCUT2D eigenvalue weighted by Crippen LogP contribution is -2.28. The molecule has 0 aromatic heterocycles. The first-order chi connectivity index (χ1) is 5.07. The molecule has 0 aromatic rings. The molecule has 0 N–H and O–H groups in total.